The molecule has 0 saturated heterocycles. The fraction of sp³-hybridized carbons (Fsp3) is 0.941. The van der Waals surface area contributed by atoms with Crippen LogP contribution in [0.5, 0.6) is 0 Å². The number of esters is 3. The summed E-state index contributed by atoms with van der Waals surface area (Å²) in [7, 11) is 0. The predicted octanol–water partition coefficient (Wildman–Crippen LogP) is 16.0. The van der Waals surface area contributed by atoms with Gasteiger partial charge in [-0.05, 0) is 37.0 Å². The van der Waals surface area contributed by atoms with Crippen LogP contribution in [0.3, 0.4) is 0 Å². The van der Waals surface area contributed by atoms with Gasteiger partial charge in [0.2, 0.25) is 0 Å². The fourth-order valence-electron chi connectivity index (χ4n) is 7.59. The van der Waals surface area contributed by atoms with E-state index >= 15 is 0 Å². The highest BCUT2D eigenvalue weighted by atomic mass is 16.6. The molecule has 0 aliphatic carbocycles. The largest absolute Gasteiger partial charge is 0.462 e. The van der Waals surface area contributed by atoms with Gasteiger partial charge in [0.15, 0.2) is 6.10 Å². The molecule has 0 aliphatic heterocycles. The Morgan fingerprint density at radius 2 is 0.509 bits per heavy atom. The number of unbranched alkanes of at least 4 members (excludes halogenated alkanes) is 27. The van der Waals surface area contributed by atoms with E-state index in [9.17, 15) is 14.4 Å². The normalized spacial score (nSPS) is 12.2. The Kier molecular flexibility index (Phi) is 41.3. The predicted molar refractivity (Wildman–Crippen MR) is 243 cm³/mol. The first-order chi connectivity index (χ1) is 27.6. The van der Waals surface area contributed by atoms with Crippen molar-refractivity contribution in [2.75, 3.05) is 13.2 Å². The van der Waals surface area contributed by atoms with Crippen molar-refractivity contribution in [1.29, 1.82) is 0 Å². The lowest BCUT2D eigenvalue weighted by atomic mass is 10.0. The molecule has 0 bridgehead atoms. The van der Waals surface area contributed by atoms with E-state index in [1.54, 1.807) is 0 Å². The van der Waals surface area contributed by atoms with E-state index in [1.165, 1.54) is 154 Å². The minimum absolute atomic E-state index is 0.0658. The van der Waals surface area contributed by atoms with Crippen molar-refractivity contribution >= 4 is 17.9 Å². The quantitative estimate of drug-likeness (QED) is 0.0347. The molecule has 0 saturated carbocycles. The minimum Gasteiger partial charge on any atom is -0.462 e. The van der Waals surface area contributed by atoms with Crippen LogP contribution in [0.15, 0.2) is 0 Å². The molecule has 0 heterocycles. The molecule has 0 aromatic rings. The molecule has 0 aromatic carbocycles. The first-order valence-electron chi connectivity index (χ1n) is 25.1. The van der Waals surface area contributed by atoms with Gasteiger partial charge in [-0.25, -0.2) is 0 Å². The van der Waals surface area contributed by atoms with Gasteiger partial charge in [0, 0.05) is 19.3 Å². The molecule has 0 aliphatic rings. The summed E-state index contributed by atoms with van der Waals surface area (Å²) in [6.45, 7) is 13.6. The lowest BCUT2D eigenvalue weighted by Crippen LogP contribution is -2.30. The van der Waals surface area contributed by atoms with Gasteiger partial charge in [-0.3, -0.25) is 14.4 Å². The number of hydrogen-bond acceptors (Lipinski definition) is 6. The average Bonchev–Trinajstić information content (AvgIpc) is 3.16. The maximum absolute atomic E-state index is 12.7. The molecular formula is C51H98O6. The van der Waals surface area contributed by atoms with Crippen LogP contribution < -0.4 is 0 Å². The van der Waals surface area contributed by atoms with E-state index in [-0.39, 0.29) is 31.1 Å². The zero-order valence-corrected chi connectivity index (χ0v) is 39.1. The van der Waals surface area contributed by atoms with Crippen molar-refractivity contribution < 1.29 is 28.6 Å². The highest BCUT2D eigenvalue weighted by Crippen LogP contribution is 2.17. The molecule has 0 rings (SSSR count). The van der Waals surface area contributed by atoms with E-state index in [1.807, 2.05) is 0 Å². The summed E-state index contributed by atoms with van der Waals surface area (Å²) in [6, 6.07) is 0. The van der Waals surface area contributed by atoms with Gasteiger partial charge in [-0.2, -0.15) is 0 Å². The van der Waals surface area contributed by atoms with Crippen LogP contribution in [0.2, 0.25) is 0 Å². The average molecular weight is 807 g/mol. The summed E-state index contributed by atoms with van der Waals surface area (Å²) in [6.07, 6.45) is 41.1. The van der Waals surface area contributed by atoms with Crippen LogP contribution in [-0.4, -0.2) is 37.2 Å². The van der Waals surface area contributed by atoms with Crippen LogP contribution in [0, 0.1) is 17.8 Å². The van der Waals surface area contributed by atoms with E-state index in [2.05, 4.69) is 41.5 Å². The molecule has 0 unspecified atom stereocenters. The van der Waals surface area contributed by atoms with Gasteiger partial charge in [0.25, 0.3) is 0 Å². The third kappa shape index (κ3) is 45.3. The first-order valence-corrected chi connectivity index (χ1v) is 25.1. The van der Waals surface area contributed by atoms with Crippen LogP contribution >= 0.6 is 0 Å². The number of rotatable bonds is 44. The molecule has 338 valence electrons. The first kappa shape index (κ1) is 55.4. The summed E-state index contributed by atoms with van der Waals surface area (Å²) in [4.78, 5) is 37.8. The molecule has 6 nitrogen and oxygen atoms in total. The fourth-order valence-corrected chi connectivity index (χ4v) is 7.59. The van der Waals surface area contributed by atoms with Crippen molar-refractivity contribution in [3.8, 4) is 0 Å². The highest BCUT2D eigenvalue weighted by molar-refractivity contribution is 5.71. The zero-order valence-electron chi connectivity index (χ0n) is 39.1. The molecule has 57 heavy (non-hydrogen) atoms. The standard InChI is InChI=1S/C51H98O6/c1-45(2)37-31-25-19-15-12-10-8-7-9-11-13-17-21-28-34-40-49(52)55-43-48(44-56-50(53)41-35-29-24-23-27-33-39-47(5)6)57-51(54)42-36-30-22-18-14-16-20-26-32-38-46(3)4/h45-48H,7-44H2,1-6H3/t48-/m0/s1. The molecule has 0 N–H and O–H groups in total. The molecule has 0 radical (unpaired) electrons. The van der Waals surface area contributed by atoms with Crippen molar-refractivity contribution in [2.45, 2.75) is 279 Å². The van der Waals surface area contributed by atoms with Gasteiger partial charge in [0.1, 0.15) is 13.2 Å². The maximum atomic E-state index is 12.7. The molecule has 0 fully saturated rings. The smallest absolute Gasteiger partial charge is 0.306 e. The Bertz CT molecular complexity index is 883. The molecule has 0 amide bonds. The van der Waals surface area contributed by atoms with Gasteiger partial charge in [0.05, 0.1) is 0 Å². The Balaban J connectivity index is 4.24. The van der Waals surface area contributed by atoms with Crippen LogP contribution in [0.4, 0.5) is 0 Å². The third-order valence-electron chi connectivity index (χ3n) is 11.4. The second-order valence-corrected chi connectivity index (χ2v) is 18.9. The second-order valence-electron chi connectivity index (χ2n) is 18.9. The van der Waals surface area contributed by atoms with Crippen molar-refractivity contribution in [3.05, 3.63) is 0 Å². The Morgan fingerprint density at radius 1 is 0.298 bits per heavy atom. The SMILES string of the molecule is CC(C)CCCCCCCCCCCCCCCCCC(=O)OC[C@@H](COC(=O)CCCCCCCCC(C)C)OC(=O)CCCCCCCCCCCC(C)C. The minimum atomic E-state index is -0.762. The van der Waals surface area contributed by atoms with E-state index in [4.69, 9.17) is 14.2 Å². The van der Waals surface area contributed by atoms with Gasteiger partial charge < -0.3 is 14.2 Å². The Morgan fingerprint density at radius 3 is 0.754 bits per heavy atom. The summed E-state index contributed by atoms with van der Waals surface area (Å²) in [5, 5.41) is 0. The molecule has 0 aromatic heterocycles. The van der Waals surface area contributed by atoms with E-state index in [0.29, 0.717) is 19.3 Å². The monoisotopic (exact) mass is 807 g/mol. The van der Waals surface area contributed by atoms with Gasteiger partial charge in [-0.15, -0.1) is 0 Å². The summed E-state index contributed by atoms with van der Waals surface area (Å²) >= 11 is 0. The summed E-state index contributed by atoms with van der Waals surface area (Å²) in [5.74, 6) is 1.56. The second kappa shape index (κ2) is 42.5. The Hall–Kier alpha value is -1.59. The number of ether oxygens (including phenoxy) is 3. The number of hydrogen-bond donors (Lipinski definition) is 0. The van der Waals surface area contributed by atoms with Crippen molar-refractivity contribution in [2.24, 2.45) is 17.8 Å². The van der Waals surface area contributed by atoms with Crippen LogP contribution in [0.25, 0.3) is 0 Å². The Labute approximate surface area is 355 Å². The van der Waals surface area contributed by atoms with Gasteiger partial charge >= 0.3 is 17.9 Å². The van der Waals surface area contributed by atoms with Gasteiger partial charge in [-0.1, -0.05) is 234 Å². The van der Waals surface area contributed by atoms with Crippen LogP contribution in [0.1, 0.15) is 273 Å². The molecule has 1 atom stereocenters. The summed E-state index contributed by atoms with van der Waals surface area (Å²) in [5.41, 5.74) is 0. The van der Waals surface area contributed by atoms with E-state index in [0.717, 1.165) is 75.5 Å². The highest BCUT2D eigenvalue weighted by Gasteiger charge is 2.19. The van der Waals surface area contributed by atoms with Crippen LogP contribution in [-0.2, 0) is 28.6 Å². The number of carbonyl (C=O) groups is 3. The zero-order chi connectivity index (χ0) is 42.0. The molecule has 0 spiro atoms. The third-order valence-corrected chi connectivity index (χ3v) is 11.4. The lowest BCUT2D eigenvalue weighted by Gasteiger charge is -2.18. The van der Waals surface area contributed by atoms with E-state index < -0.39 is 6.10 Å². The van der Waals surface area contributed by atoms with Crippen molar-refractivity contribution in [3.63, 3.8) is 0 Å². The topological polar surface area (TPSA) is 78.9 Å². The number of carbonyl (C=O) groups excluding carboxylic acids is 3. The maximum Gasteiger partial charge on any atom is 0.306 e. The molecule has 6 heteroatoms. The van der Waals surface area contributed by atoms with Crippen molar-refractivity contribution in [1.82, 2.24) is 0 Å². The lowest BCUT2D eigenvalue weighted by molar-refractivity contribution is -0.167. The summed E-state index contributed by atoms with van der Waals surface area (Å²) < 4.78 is 16.8. The molecular weight excluding hydrogens is 709 g/mol.